The van der Waals surface area contributed by atoms with Crippen LogP contribution in [0, 0.1) is 0 Å². The van der Waals surface area contributed by atoms with E-state index in [0.29, 0.717) is 11.4 Å². The molecule has 22 heavy (non-hydrogen) atoms. The van der Waals surface area contributed by atoms with Crippen LogP contribution in [-0.2, 0) is 14.8 Å². The molecule has 0 fully saturated rings. The topological polar surface area (TPSA) is 75.7 Å². The molecule has 6 nitrogen and oxygen atoms in total. The number of benzene rings is 1. The van der Waals surface area contributed by atoms with Crippen LogP contribution in [0.2, 0.25) is 0 Å². The summed E-state index contributed by atoms with van der Waals surface area (Å²) in [7, 11) is -2.14. The summed E-state index contributed by atoms with van der Waals surface area (Å²) >= 11 is 0. The number of hydrogen-bond acceptors (Lipinski definition) is 4. The van der Waals surface area contributed by atoms with E-state index in [4.69, 9.17) is 4.74 Å². The number of carbonyl (C=O) groups is 1. The maximum atomic E-state index is 12.1. The minimum absolute atomic E-state index is 0.0107. The van der Waals surface area contributed by atoms with Crippen molar-refractivity contribution in [2.75, 3.05) is 24.2 Å². The van der Waals surface area contributed by atoms with Gasteiger partial charge >= 0.3 is 0 Å². The number of nitrogens with zero attached hydrogens (tertiary/aromatic N) is 1. The van der Waals surface area contributed by atoms with Gasteiger partial charge in [-0.25, -0.2) is 8.42 Å². The molecule has 1 amide bonds. The molecule has 1 atom stereocenters. The summed E-state index contributed by atoms with van der Waals surface area (Å²) < 4.78 is 30.3. The number of carbonyl (C=O) groups excluding carboxylic acids is 1. The molecule has 0 bridgehead atoms. The first-order valence-electron chi connectivity index (χ1n) is 7.19. The Morgan fingerprint density at radius 1 is 1.36 bits per heavy atom. The molecule has 0 aliphatic carbocycles. The lowest BCUT2D eigenvalue weighted by Crippen LogP contribution is -2.43. The molecule has 1 N–H and O–H groups in total. The van der Waals surface area contributed by atoms with Gasteiger partial charge < -0.3 is 10.1 Å². The molecule has 0 spiro atoms. The predicted octanol–water partition coefficient (Wildman–Crippen LogP) is 1.77. The highest BCUT2D eigenvalue weighted by molar-refractivity contribution is 7.92. The van der Waals surface area contributed by atoms with Gasteiger partial charge in [-0.05, 0) is 25.5 Å². The van der Waals surface area contributed by atoms with E-state index >= 15 is 0 Å². The molecule has 0 aliphatic heterocycles. The van der Waals surface area contributed by atoms with Gasteiger partial charge in [-0.2, -0.15) is 0 Å². The van der Waals surface area contributed by atoms with E-state index in [1.807, 2.05) is 13.8 Å². The van der Waals surface area contributed by atoms with Gasteiger partial charge in [-0.15, -0.1) is 0 Å². The fourth-order valence-electron chi connectivity index (χ4n) is 2.17. The first-order chi connectivity index (χ1) is 10.3. The van der Waals surface area contributed by atoms with Crippen LogP contribution in [0.3, 0.4) is 0 Å². The number of hydrogen-bond donors (Lipinski definition) is 1. The van der Waals surface area contributed by atoms with Gasteiger partial charge in [-0.1, -0.05) is 25.5 Å². The van der Waals surface area contributed by atoms with Crippen LogP contribution in [0.1, 0.15) is 26.7 Å². The van der Waals surface area contributed by atoms with Crippen LogP contribution in [-0.4, -0.2) is 40.3 Å². The Labute approximate surface area is 132 Å². The number of rotatable bonds is 8. The van der Waals surface area contributed by atoms with Gasteiger partial charge in [0.25, 0.3) is 0 Å². The summed E-state index contributed by atoms with van der Waals surface area (Å²) in [5, 5.41) is 2.80. The second-order valence-electron chi connectivity index (χ2n) is 5.20. The van der Waals surface area contributed by atoms with Crippen molar-refractivity contribution in [2.24, 2.45) is 0 Å². The van der Waals surface area contributed by atoms with Gasteiger partial charge in [0.1, 0.15) is 12.3 Å². The minimum Gasteiger partial charge on any atom is -0.495 e. The van der Waals surface area contributed by atoms with Crippen molar-refractivity contribution in [3.63, 3.8) is 0 Å². The smallest absolute Gasteiger partial charge is 0.240 e. The first-order valence-corrected chi connectivity index (χ1v) is 9.04. The average molecular weight is 328 g/mol. The lowest BCUT2D eigenvalue weighted by Gasteiger charge is -2.24. The third kappa shape index (κ3) is 5.22. The Kier molecular flexibility index (Phi) is 6.67. The average Bonchev–Trinajstić information content (AvgIpc) is 2.43. The molecule has 0 unspecified atom stereocenters. The van der Waals surface area contributed by atoms with E-state index in [1.54, 1.807) is 24.3 Å². The molecule has 0 saturated heterocycles. The Hall–Kier alpha value is -1.76. The monoisotopic (exact) mass is 328 g/mol. The SMILES string of the molecule is CCC[C@@H](C)NC(=O)CN(c1ccccc1OC)S(C)(=O)=O. The molecule has 7 heteroatoms. The number of ether oxygens (including phenoxy) is 1. The Morgan fingerprint density at radius 2 is 2.00 bits per heavy atom. The van der Waals surface area contributed by atoms with Crippen LogP contribution >= 0.6 is 0 Å². The van der Waals surface area contributed by atoms with Gasteiger partial charge in [0.15, 0.2) is 0 Å². The summed E-state index contributed by atoms with van der Waals surface area (Å²) in [4.78, 5) is 12.1. The summed E-state index contributed by atoms with van der Waals surface area (Å²) in [6, 6.07) is 6.73. The van der Waals surface area contributed by atoms with Crippen molar-refractivity contribution in [3.05, 3.63) is 24.3 Å². The molecule has 1 aromatic carbocycles. The second kappa shape index (κ2) is 8.03. The number of sulfonamides is 1. The predicted molar refractivity (Wildman–Crippen MR) is 87.7 cm³/mol. The highest BCUT2D eigenvalue weighted by Crippen LogP contribution is 2.29. The maximum Gasteiger partial charge on any atom is 0.240 e. The summed E-state index contributed by atoms with van der Waals surface area (Å²) in [6.45, 7) is 3.66. The Balaban J connectivity index is 2.99. The van der Waals surface area contributed by atoms with Crippen LogP contribution in [0.15, 0.2) is 24.3 Å². The highest BCUT2D eigenvalue weighted by Gasteiger charge is 2.24. The van der Waals surface area contributed by atoms with E-state index in [2.05, 4.69) is 5.32 Å². The quantitative estimate of drug-likeness (QED) is 0.789. The van der Waals surface area contributed by atoms with Crippen LogP contribution < -0.4 is 14.4 Å². The highest BCUT2D eigenvalue weighted by atomic mass is 32.2. The summed E-state index contributed by atoms with van der Waals surface area (Å²) in [5.74, 6) is 0.0691. The largest absolute Gasteiger partial charge is 0.495 e. The Morgan fingerprint density at radius 3 is 2.55 bits per heavy atom. The van der Waals surface area contributed by atoms with Gasteiger partial charge in [0.05, 0.1) is 19.1 Å². The van der Waals surface area contributed by atoms with E-state index < -0.39 is 10.0 Å². The normalized spacial score (nSPS) is 12.5. The molecular weight excluding hydrogens is 304 g/mol. The van der Waals surface area contributed by atoms with Gasteiger partial charge in [0, 0.05) is 6.04 Å². The van der Waals surface area contributed by atoms with Crippen LogP contribution in [0.4, 0.5) is 5.69 Å². The van der Waals surface area contributed by atoms with Crippen molar-refractivity contribution in [2.45, 2.75) is 32.7 Å². The van der Waals surface area contributed by atoms with E-state index in [-0.39, 0.29) is 18.5 Å². The molecule has 124 valence electrons. The standard InChI is InChI=1S/C15H24N2O4S/c1-5-8-12(2)16-15(18)11-17(22(4,19)20)13-9-6-7-10-14(13)21-3/h6-7,9-10,12H,5,8,11H2,1-4H3,(H,16,18)/t12-/m1/s1. The lowest BCUT2D eigenvalue weighted by molar-refractivity contribution is -0.120. The zero-order valence-electron chi connectivity index (χ0n) is 13.5. The second-order valence-corrected chi connectivity index (χ2v) is 7.11. The van der Waals surface area contributed by atoms with E-state index in [0.717, 1.165) is 23.4 Å². The molecule has 0 saturated carbocycles. The molecular formula is C15H24N2O4S. The third-order valence-corrected chi connectivity index (χ3v) is 4.30. The number of methoxy groups -OCH3 is 1. The lowest BCUT2D eigenvalue weighted by atomic mass is 10.2. The summed E-state index contributed by atoms with van der Waals surface area (Å²) in [5.41, 5.74) is 0.353. The fraction of sp³-hybridized carbons (Fsp3) is 0.533. The molecule has 1 rings (SSSR count). The molecule has 0 heterocycles. The molecule has 0 aromatic heterocycles. The molecule has 0 radical (unpaired) electrons. The van der Waals surface area contributed by atoms with Crippen molar-refractivity contribution in [1.29, 1.82) is 0 Å². The third-order valence-electron chi connectivity index (χ3n) is 3.17. The number of anilines is 1. The maximum absolute atomic E-state index is 12.1. The van der Waals surface area contributed by atoms with Crippen molar-refractivity contribution >= 4 is 21.6 Å². The van der Waals surface area contributed by atoms with Crippen molar-refractivity contribution in [1.82, 2.24) is 5.32 Å². The Bertz CT molecular complexity index is 601. The van der Waals surface area contributed by atoms with Crippen LogP contribution in [0.5, 0.6) is 5.75 Å². The molecule has 1 aromatic rings. The van der Waals surface area contributed by atoms with Crippen LogP contribution in [0.25, 0.3) is 0 Å². The zero-order valence-corrected chi connectivity index (χ0v) is 14.3. The summed E-state index contributed by atoms with van der Waals surface area (Å²) in [6.07, 6.45) is 2.87. The first kappa shape index (κ1) is 18.3. The van der Waals surface area contributed by atoms with Gasteiger partial charge in [-0.3, -0.25) is 9.10 Å². The fourth-order valence-corrected chi connectivity index (χ4v) is 3.03. The number of nitrogens with one attached hydrogen (secondary N) is 1. The molecule has 0 aliphatic rings. The zero-order chi connectivity index (χ0) is 16.8. The van der Waals surface area contributed by atoms with Crippen molar-refractivity contribution in [3.8, 4) is 5.75 Å². The van der Waals surface area contributed by atoms with E-state index in [1.165, 1.54) is 7.11 Å². The van der Waals surface area contributed by atoms with E-state index in [9.17, 15) is 13.2 Å². The number of amides is 1. The van der Waals surface area contributed by atoms with Crippen molar-refractivity contribution < 1.29 is 17.9 Å². The number of para-hydroxylation sites is 2. The van der Waals surface area contributed by atoms with Gasteiger partial charge in [0.2, 0.25) is 15.9 Å². The minimum atomic E-state index is -3.60.